The van der Waals surface area contributed by atoms with Gasteiger partial charge in [0, 0.05) is 37.1 Å². The third-order valence-electron chi connectivity index (χ3n) is 3.16. The highest BCUT2D eigenvalue weighted by Crippen LogP contribution is 2.27. The number of rotatable bonds is 1. The van der Waals surface area contributed by atoms with E-state index in [4.69, 9.17) is 0 Å². The molecule has 14 heavy (non-hydrogen) atoms. The average molecular weight is 192 g/mol. The van der Waals surface area contributed by atoms with Crippen LogP contribution >= 0.6 is 0 Å². The van der Waals surface area contributed by atoms with Crippen LogP contribution in [0.25, 0.3) is 0 Å². The first kappa shape index (κ1) is 9.78. The molecule has 0 bridgehead atoms. The number of nitrogens with zero attached hydrogens (tertiary/aromatic N) is 2. The van der Waals surface area contributed by atoms with E-state index in [-0.39, 0.29) is 0 Å². The van der Waals surface area contributed by atoms with E-state index in [1.807, 2.05) is 0 Å². The molecule has 0 amide bonds. The van der Waals surface area contributed by atoms with Crippen LogP contribution in [0.3, 0.4) is 0 Å². The molecular formula is C12H20N2. The van der Waals surface area contributed by atoms with Crippen molar-refractivity contribution in [1.82, 2.24) is 9.47 Å². The highest BCUT2D eigenvalue weighted by Gasteiger charge is 2.30. The molecule has 0 radical (unpaired) electrons. The second kappa shape index (κ2) is 3.43. The van der Waals surface area contributed by atoms with E-state index in [0.717, 1.165) is 0 Å². The van der Waals surface area contributed by atoms with Crippen molar-refractivity contribution < 1.29 is 0 Å². The molecule has 0 saturated carbocycles. The van der Waals surface area contributed by atoms with Crippen LogP contribution in [0.15, 0.2) is 24.5 Å². The summed E-state index contributed by atoms with van der Waals surface area (Å²) in [6, 6.07) is 4.91. The lowest BCUT2D eigenvalue weighted by Crippen LogP contribution is -2.39. The Balaban J connectivity index is 2.02. The quantitative estimate of drug-likeness (QED) is 0.664. The summed E-state index contributed by atoms with van der Waals surface area (Å²) in [4.78, 5) is 2.57. The van der Waals surface area contributed by atoms with Crippen LogP contribution in [0.4, 0.5) is 0 Å². The Hall–Kier alpha value is -0.760. The maximum atomic E-state index is 2.57. The molecule has 2 rings (SSSR count). The summed E-state index contributed by atoms with van der Waals surface area (Å²) >= 11 is 0. The van der Waals surface area contributed by atoms with E-state index < -0.39 is 0 Å². The normalized spacial score (nSPS) is 24.4. The van der Waals surface area contributed by atoms with Crippen molar-refractivity contribution in [3.05, 3.63) is 24.5 Å². The summed E-state index contributed by atoms with van der Waals surface area (Å²) in [5, 5.41) is 0. The Labute approximate surface area is 86.5 Å². The maximum Gasteiger partial charge on any atom is 0.0470 e. The van der Waals surface area contributed by atoms with Gasteiger partial charge in [0.2, 0.25) is 0 Å². The molecule has 1 unspecified atom stereocenters. The fraction of sp³-hybridized carbons (Fsp3) is 0.667. The van der Waals surface area contributed by atoms with Crippen LogP contribution in [0.5, 0.6) is 0 Å². The smallest absolute Gasteiger partial charge is 0.0470 e. The molecule has 2 heteroatoms. The molecule has 1 aliphatic heterocycles. The summed E-state index contributed by atoms with van der Waals surface area (Å²) in [6.45, 7) is 9.31. The van der Waals surface area contributed by atoms with Gasteiger partial charge < -0.3 is 4.57 Å². The van der Waals surface area contributed by atoms with Crippen LogP contribution in [-0.4, -0.2) is 28.1 Å². The zero-order valence-corrected chi connectivity index (χ0v) is 9.40. The van der Waals surface area contributed by atoms with Crippen molar-refractivity contribution in [3.63, 3.8) is 0 Å². The van der Waals surface area contributed by atoms with E-state index in [1.165, 1.54) is 19.5 Å². The van der Waals surface area contributed by atoms with Crippen LogP contribution in [0, 0.1) is 0 Å². The first-order chi connectivity index (χ1) is 6.57. The summed E-state index contributed by atoms with van der Waals surface area (Å²) in [7, 11) is 0. The predicted molar refractivity (Wildman–Crippen MR) is 59.4 cm³/mol. The van der Waals surface area contributed by atoms with Gasteiger partial charge in [-0.3, -0.25) is 4.90 Å². The molecular weight excluding hydrogens is 172 g/mol. The minimum atomic E-state index is 0.321. The standard InChI is InChI=1S/C12H20N2/c1-12(2,3)14-9-6-11(10-14)13-7-4-5-8-13/h4-5,7-8,11H,6,9-10H2,1-3H3. The van der Waals surface area contributed by atoms with Gasteiger partial charge in [0.1, 0.15) is 0 Å². The Kier molecular flexibility index (Phi) is 2.40. The Morgan fingerprint density at radius 1 is 1.14 bits per heavy atom. The van der Waals surface area contributed by atoms with Gasteiger partial charge in [0.15, 0.2) is 0 Å². The van der Waals surface area contributed by atoms with E-state index in [0.29, 0.717) is 11.6 Å². The van der Waals surface area contributed by atoms with Gasteiger partial charge in [0.05, 0.1) is 0 Å². The number of aromatic nitrogens is 1. The fourth-order valence-corrected chi connectivity index (χ4v) is 2.19. The molecule has 1 aromatic heterocycles. The van der Waals surface area contributed by atoms with Crippen LogP contribution in [0.1, 0.15) is 33.2 Å². The Bertz CT molecular complexity index is 282. The fourth-order valence-electron chi connectivity index (χ4n) is 2.19. The Morgan fingerprint density at radius 3 is 2.29 bits per heavy atom. The molecule has 0 aromatic carbocycles. The van der Waals surface area contributed by atoms with Gasteiger partial charge in [-0.25, -0.2) is 0 Å². The largest absolute Gasteiger partial charge is 0.350 e. The zero-order chi connectivity index (χ0) is 10.2. The lowest BCUT2D eigenvalue weighted by atomic mass is 10.1. The third kappa shape index (κ3) is 1.85. The van der Waals surface area contributed by atoms with Gasteiger partial charge in [-0.15, -0.1) is 0 Å². The topological polar surface area (TPSA) is 8.17 Å². The molecule has 78 valence electrons. The average Bonchev–Trinajstić information content (AvgIpc) is 2.73. The number of hydrogen-bond donors (Lipinski definition) is 0. The summed E-state index contributed by atoms with van der Waals surface area (Å²) < 4.78 is 2.34. The van der Waals surface area contributed by atoms with E-state index in [2.05, 4.69) is 54.8 Å². The van der Waals surface area contributed by atoms with Crippen LogP contribution in [-0.2, 0) is 0 Å². The van der Waals surface area contributed by atoms with Gasteiger partial charge >= 0.3 is 0 Å². The third-order valence-corrected chi connectivity index (χ3v) is 3.16. The van der Waals surface area contributed by atoms with Gasteiger partial charge in [0.25, 0.3) is 0 Å². The second-order valence-electron chi connectivity index (χ2n) is 5.19. The summed E-state index contributed by atoms with van der Waals surface area (Å²) in [5.74, 6) is 0. The minimum absolute atomic E-state index is 0.321. The number of hydrogen-bond acceptors (Lipinski definition) is 1. The highest BCUT2D eigenvalue weighted by atomic mass is 15.2. The SMILES string of the molecule is CC(C)(C)N1CCC(n2cccc2)C1. The minimum Gasteiger partial charge on any atom is -0.350 e. The van der Waals surface area contributed by atoms with Gasteiger partial charge in [-0.05, 0) is 39.3 Å². The molecule has 0 aliphatic carbocycles. The Morgan fingerprint density at radius 2 is 1.79 bits per heavy atom. The molecule has 1 fully saturated rings. The zero-order valence-electron chi connectivity index (χ0n) is 9.40. The van der Waals surface area contributed by atoms with Gasteiger partial charge in [-0.1, -0.05) is 0 Å². The summed E-state index contributed by atoms with van der Waals surface area (Å²) in [6.07, 6.45) is 5.64. The second-order valence-corrected chi connectivity index (χ2v) is 5.19. The van der Waals surface area contributed by atoms with Crippen molar-refractivity contribution in [3.8, 4) is 0 Å². The molecule has 2 heterocycles. The molecule has 0 N–H and O–H groups in total. The molecule has 2 nitrogen and oxygen atoms in total. The van der Waals surface area contributed by atoms with Crippen LogP contribution < -0.4 is 0 Å². The first-order valence-electron chi connectivity index (χ1n) is 5.45. The summed E-state index contributed by atoms with van der Waals surface area (Å²) in [5.41, 5.74) is 0.321. The molecule has 1 saturated heterocycles. The van der Waals surface area contributed by atoms with E-state index in [1.54, 1.807) is 0 Å². The predicted octanol–water partition coefficient (Wildman–Crippen LogP) is 2.53. The number of likely N-dealkylation sites (tertiary alicyclic amines) is 1. The van der Waals surface area contributed by atoms with Crippen molar-refractivity contribution in [1.29, 1.82) is 0 Å². The lowest BCUT2D eigenvalue weighted by Gasteiger charge is -2.31. The van der Waals surface area contributed by atoms with E-state index >= 15 is 0 Å². The molecule has 1 aromatic rings. The monoisotopic (exact) mass is 192 g/mol. The van der Waals surface area contributed by atoms with E-state index in [9.17, 15) is 0 Å². The van der Waals surface area contributed by atoms with Gasteiger partial charge in [-0.2, -0.15) is 0 Å². The highest BCUT2D eigenvalue weighted by molar-refractivity contribution is 4.96. The molecule has 1 atom stereocenters. The molecule has 0 spiro atoms. The van der Waals surface area contributed by atoms with Crippen molar-refractivity contribution >= 4 is 0 Å². The van der Waals surface area contributed by atoms with Crippen molar-refractivity contribution in [2.75, 3.05) is 13.1 Å². The van der Waals surface area contributed by atoms with Crippen molar-refractivity contribution in [2.45, 2.75) is 38.8 Å². The van der Waals surface area contributed by atoms with Crippen LogP contribution in [0.2, 0.25) is 0 Å². The molecule has 1 aliphatic rings. The maximum absolute atomic E-state index is 2.57. The lowest BCUT2D eigenvalue weighted by molar-refractivity contribution is 0.169. The van der Waals surface area contributed by atoms with Crippen molar-refractivity contribution in [2.24, 2.45) is 0 Å². The first-order valence-corrected chi connectivity index (χ1v) is 5.45.